The molecule has 5 heteroatoms. The van der Waals surface area contributed by atoms with Crippen molar-refractivity contribution in [2.45, 2.75) is 31.4 Å². The standard InChI is InChI=1S/C12H16Cl2N2O/c1-17-8-3-2-7(4-8)16-12-6-10(14)9(13)5-11(12)15/h5-8,16H,2-4,15H2,1H3. The van der Waals surface area contributed by atoms with Crippen molar-refractivity contribution < 1.29 is 4.74 Å². The van der Waals surface area contributed by atoms with Crippen molar-refractivity contribution in [3.8, 4) is 0 Å². The van der Waals surface area contributed by atoms with Crippen molar-refractivity contribution in [3.05, 3.63) is 22.2 Å². The van der Waals surface area contributed by atoms with Crippen LogP contribution in [0, 0.1) is 0 Å². The topological polar surface area (TPSA) is 47.3 Å². The van der Waals surface area contributed by atoms with E-state index in [9.17, 15) is 0 Å². The van der Waals surface area contributed by atoms with Crippen LogP contribution in [-0.4, -0.2) is 19.3 Å². The lowest BCUT2D eigenvalue weighted by Gasteiger charge is -2.16. The van der Waals surface area contributed by atoms with Gasteiger partial charge in [-0.2, -0.15) is 0 Å². The van der Waals surface area contributed by atoms with Gasteiger partial charge in [-0.1, -0.05) is 23.2 Å². The fourth-order valence-corrected chi connectivity index (χ4v) is 2.53. The summed E-state index contributed by atoms with van der Waals surface area (Å²) >= 11 is 11.9. The van der Waals surface area contributed by atoms with Gasteiger partial charge in [0.25, 0.3) is 0 Å². The maximum absolute atomic E-state index is 5.98. The second-order valence-electron chi connectivity index (χ2n) is 4.37. The molecule has 1 saturated carbocycles. The van der Waals surface area contributed by atoms with Crippen molar-refractivity contribution in [1.29, 1.82) is 0 Å². The van der Waals surface area contributed by atoms with Gasteiger partial charge in [0.05, 0.1) is 27.5 Å². The average molecular weight is 275 g/mol. The predicted octanol–water partition coefficient (Wildman–Crippen LogP) is 3.56. The summed E-state index contributed by atoms with van der Waals surface area (Å²) < 4.78 is 5.33. The van der Waals surface area contributed by atoms with E-state index in [4.69, 9.17) is 33.7 Å². The van der Waals surface area contributed by atoms with Gasteiger partial charge in [-0.3, -0.25) is 0 Å². The Balaban J connectivity index is 2.06. The van der Waals surface area contributed by atoms with E-state index in [1.165, 1.54) is 0 Å². The number of anilines is 2. The number of nitrogen functional groups attached to an aromatic ring is 1. The number of nitrogens with one attached hydrogen (secondary N) is 1. The molecule has 2 atom stereocenters. The van der Waals surface area contributed by atoms with E-state index in [0.29, 0.717) is 27.9 Å². The van der Waals surface area contributed by atoms with E-state index in [0.717, 1.165) is 24.9 Å². The Labute approximate surface area is 111 Å². The highest BCUT2D eigenvalue weighted by molar-refractivity contribution is 6.42. The molecule has 3 N–H and O–H groups in total. The third-order valence-electron chi connectivity index (χ3n) is 3.17. The fraction of sp³-hybridized carbons (Fsp3) is 0.500. The second-order valence-corrected chi connectivity index (χ2v) is 5.18. The van der Waals surface area contributed by atoms with Crippen molar-refractivity contribution in [3.63, 3.8) is 0 Å². The zero-order valence-electron chi connectivity index (χ0n) is 9.67. The first kappa shape index (κ1) is 12.8. The lowest BCUT2D eigenvalue weighted by molar-refractivity contribution is 0.108. The molecule has 2 rings (SSSR count). The number of hydrogen-bond donors (Lipinski definition) is 2. The van der Waals surface area contributed by atoms with Gasteiger partial charge in [-0.15, -0.1) is 0 Å². The van der Waals surface area contributed by atoms with Crippen LogP contribution in [0.15, 0.2) is 12.1 Å². The Hall–Kier alpha value is -0.640. The van der Waals surface area contributed by atoms with Crippen LogP contribution in [-0.2, 0) is 4.74 Å². The lowest BCUT2D eigenvalue weighted by atomic mass is 10.2. The Kier molecular flexibility index (Phi) is 4.02. The van der Waals surface area contributed by atoms with Gasteiger partial charge in [-0.05, 0) is 31.4 Å². The molecule has 94 valence electrons. The largest absolute Gasteiger partial charge is 0.397 e. The van der Waals surface area contributed by atoms with Gasteiger partial charge < -0.3 is 15.8 Å². The van der Waals surface area contributed by atoms with Crippen molar-refractivity contribution >= 4 is 34.6 Å². The third kappa shape index (κ3) is 2.97. The van der Waals surface area contributed by atoms with Gasteiger partial charge in [0.15, 0.2) is 0 Å². The third-order valence-corrected chi connectivity index (χ3v) is 3.89. The van der Waals surface area contributed by atoms with Gasteiger partial charge >= 0.3 is 0 Å². The summed E-state index contributed by atoms with van der Waals surface area (Å²) in [6.45, 7) is 0. The molecule has 17 heavy (non-hydrogen) atoms. The highest BCUT2D eigenvalue weighted by atomic mass is 35.5. The minimum Gasteiger partial charge on any atom is -0.397 e. The van der Waals surface area contributed by atoms with Crippen LogP contribution in [0.4, 0.5) is 11.4 Å². The summed E-state index contributed by atoms with van der Waals surface area (Å²) in [6, 6.07) is 3.84. The average Bonchev–Trinajstić information content (AvgIpc) is 2.73. The number of ether oxygens (including phenoxy) is 1. The molecule has 0 amide bonds. The van der Waals surface area contributed by atoms with Crippen LogP contribution in [0.25, 0.3) is 0 Å². The molecule has 0 saturated heterocycles. The second kappa shape index (κ2) is 5.34. The summed E-state index contributed by atoms with van der Waals surface area (Å²) in [5.74, 6) is 0. The summed E-state index contributed by atoms with van der Waals surface area (Å²) in [6.07, 6.45) is 3.50. The number of rotatable bonds is 3. The molecule has 2 unspecified atom stereocenters. The number of methoxy groups -OCH3 is 1. The van der Waals surface area contributed by atoms with Crippen molar-refractivity contribution in [2.75, 3.05) is 18.2 Å². The Morgan fingerprint density at radius 2 is 2.00 bits per heavy atom. The first-order chi connectivity index (χ1) is 8.10. The summed E-state index contributed by atoms with van der Waals surface area (Å²) in [5.41, 5.74) is 7.37. The molecular weight excluding hydrogens is 259 g/mol. The summed E-state index contributed by atoms with van der Waals surface area (Å²) in [5, 5.41) is 4.39. The molecule has 0 bridgehead atoms. The molecule has 0 spiro atoms. The predicted molar refractivity (Wildman–Crippen MR) is 72.9 cm³/mol. The van der Waals surface area contributed by atoms with Crippen LogP contribution in [0.3, 0.4) is 0 Å². The zero-order valence-corrected chi connectivity index (χ0v) is 11.2. The van der Waals surface area contributed by atoms with Gasteiger partial charge in [-0.25, -0.2) is 0 Å². The number of hydrogen-bond acceptors (Lipinski definition) is 3. The highest BCUT2D eigenvalue weighted by Gasteiger charge is 2.24. The van der Waals surface area contributed by atoms with Crippen LogP contribution in [0.2, 0.25) is 10.0 Å². The molecule has 0 radical (unpaired) electrons. The lowest BCUT2D eigenvalue weighted by Crippen LogP contribution is -2.18. The van der Waals surface area contributed by atoms with Gasteiger partial charge in [0, 0.05) is 13.2 Å². The van der Waals surface area contributed by atoms with Crippen LogP contribution >= 0.6 is 23.2 Å². The molecule has 1 fully saturated rings. The molecule has 1 aliphatic rings. The monoisotopic (exact) mass is 274 g/mol. The number of halogens is 2. The summed E-state index contributed by atoms with van der Waals surface area (Å²) in [7, 11) is 1.75. The fourth-order valence-electron chi connectivity index (χ4n) is 2.19. The van der Waals surface area contributed by atoms with Crippen LogP contribution in [0.5, 0.6) is 0 Å². The SMILES string of the molecule is COC1CCC(Nc2cc(Cl)c(Cl)cc2N)C1. The maximum atomic E-state index is 5.98. The molecule has 1 aromatic carbocycles. The van der Waals surface area contributed by atoms with E-state index in [-0.39, 0.29) is 0 Å². The first-order valence-corrected chi connectivity index (χ1v) is 6.39. The Morgan fingerprint density at radius 3 is 2.65 bits per heavy atom. The number of benzene rings is 1. The van der Waals surface area contributed by atoms with Crippen molar-refractivity contribution in [1.82, 2.24) is 0 Å². The normalized spacial score (nSPS) is 23.9. The Bertz CT molecular complexity index is 412. The Morgan fingerprint density at radius 1 is 1.29 bits per heavy atom. The van der Waals surface area contributed by atoms with Gasteiger partial charge in [0.1, 0.15) is 0 Å². The molecule has 0 aliphatic heterocycles. The van der Waals surface area contributed by atoms with Crippen LogP contribution < -0.4 is 11.1 Å². The molecule has 1 aliphatic carbocycles. The van der Waals surface area contributed by atoms with E-state index in [1.807, 2.05) is 0 Å². The van der Waals surface area contributed by atoms with E-state index in [1.54, 1.807) is 19.2 Å². The first-order valence-electron chi connectivity index (χ1n) is 5.64. The van der Waals surface area contributed by atoms with E-state index in [2.05, 4.69) is 5.32 Å². The minimum atomic E-state index is 0.344. The molecule has 0 aromatic heterocycles. The van der Waals surface area contributed by atoms with Crippen molar-refractivity contribution in [2.24, 2.45) is 0 Å². The quantitative estimate of drug-likeness (QED) is 0.829. The molecular formula is C12H16Cl2N2O. The molecule has 3 nitrogen and oxygen atoms in total. The maximum Gasteiger partial charge on any atom is 0.0614 e. The minimum absolute atomic E-state index is 0.344. The number of nitrogens with two attached hydrogens (primary N) is 1. The van der Waals surface area contributed by atoms with Gasteiger partial charge in [0.2, 0.25) is 0 Å². The van der Waals surface area contributed by atoms with E-state index >= 15 is 0 Å². The molecule has 1 aromatic rings. The smallest absolute Gasteiger partial charge is 0.0614 e. The zero-order chi connectivity index (χ0) is 12.4. The van der Waals surface area contributed by atoms with Crippen LogP contribution in [0.1, 0.15) is 19.3 Å². The highest BCUT2D eigenvalue weighted by Crippen LogP contribution is 2.33. The molecule has 0 heterocycles. The van der Waals surface area contributed by atoms with E-state index < -0.39 is 0 Å². The summed E-state index contributed by atoms with van der Waals surface area (Å²) in [4.78, 5) is 0.